The minimum atomic E-state index is -0.119. The van der Waals surface area contributed by atoms with Crippen LogP contribution in [0, 0.1) is 0 Å². The molecule has 0 saturated heterocycles. The molecule has 0 bridgehead atoms. The zero-order valence-electron chi connectivity index (χ0n) is 19.2. The van der Waals surface area contributed by atoms with E-state index in [2.05, 4.69) is 44.2 Å². The largest absolute Gasteiger partial charge is 0.321 e. The smallest absolute Gasteiger partial charge is 0.0409 e. The van der Waals surface area contributed by atoms with E-state index < -0.39 is 0 Å². The van der Waals surface area contributed by atoms with Crippen molar-refractivity contribution < 1.29 is 0 Å². The van der Waals surface area contributed by atoms with E-state index >= 15 is 0 Å². The Labute approximate surface area is 176 Å². The fourth-order valence-corrected chi connectivity index (χ4v) is 4.33. The van der Waals surface area contributed by atoms with E-state index in [0.717, 1.165) is 12.8 Å². The summed E-state index contributed by atoms with van der Waals surface area (Å²) < 4.78 is 0. The van der Waals surface area contributed by atoms with Crippen molar-refractivity contribution >= 4 is 0 Å². The third-order valence-electron chi connectivity index (χ3n) is 6.30. The van der Waals surface area contributed by atoms with Crippen molar-refractivity contribution in [3.63, 3.8) is 0 Å². The highest BCUT2D eigenvalue weighted by molar-refractivity contribution is 5.23. The first kappa shape index (κ1) is 25.2. The lowest BCUT2D eigenvalue weighted by Crippen LogP contribution is -2.36. The average molecular weight is 388 g/mol. The van der Waals surface area contributed by atoms with Crippen LogP contribution in [0.4, 0.5) is 0 Å². The van der Waals surface area contributed by atoms with Crippen molar-refractivity contribution in [1.82, 2.24) is 0 Å². The van der Waals surface area contributed by atoms with E-state index in [-0.39, 0.29) is 5.54 Å². The van der Waals surface area contributed by atoms with Gasteiger partial charge in [0, 0.05) is 5.54 Å². The molecule has 0 aromatic heterocycles. The second-order valence-electron chi connectivity index (χ2n) is 8.97. The summed E-state index contributed by atoms with van der Waals surface area (Å²) in [6.07, 6.45) is 24.2. The van der Waals surface area contributed by atoms with E-state index in [1.54, 1.807) is 0 Å². The first-order valence-corrected chi connectivity index (χ1v) is 12.6. The molecule has 0 spiro atoms. The fourth-order valence-electron chi connectivity index (χ4n) is 4.33. The standard InChI is InChI=1S/C27H49N/c1-3-5-7-9-11-13-15-20-24-27(28,26-22-18-17-19-23-26)25-21-16-14-12-10-8-6-4-2/h17-19,22-23H,3-16,20-21,24-25,28H2,1-2H3. The molecule has 1 rings (SSSR count). The SMILES string of the molecule is CCCCCCCCCCC(N)(CCCCCCCCCC)c1ccccc1. The third-order valence-corrected chi connectivity index (χ3v) is 6.30. The maximum Gasteiger partial charge on any atom is 0.0409 e. The Kier molecular flexibility index (Phi) is 15.4. The van der Waals surface area contributed by atoms with E-state index in [1.807, 2.05) is 0 Å². The molecule has 0 aliphatic heterocycles. The van der Waals surface area contributed by atoms with E-state index in [4.69, 9.17) is 5.73 Å². The Balaban J connectivity index is 2.30. The average Bonchev–Trinajstić information content (AvgIpc) is 2.72. The van der Waals surface area contributed by atoms with Gasteiger partial charge in [-0.25, -0.2) is 0 Å². The van der Waals surface area contributed by atoms with Gasteiger partial charge in [-0.15, -0.1) is 0 Å². The van der Waals surface area contributed by atoms with E-state index in [0.29, 0.717) is 0 Å². The van der Waals surface area contributed by atoms with Gasteiger partial charge in [-0.3, -0.25) is 0 Å². The van der Waals surface area contributed by atoms with Crippen LogP contribution in [0.5, 0.6) is 0 Å². The van der Waals surface area contributed by atoms with Gasteiger partial charge in [0.2, 0.25) is 0 Å². The Hall–Kier alpha value is -0.820. The monoisotopic (exact) mass is 387 g/mol. The molecule has 1 heteroatoms. The molecule has 0 unspecified atom stereocenters. The summed E-state index contributed by atoms with van der Waals surface area (Å²) in [5, 5.41) is 0. The molecular weight excluding hydrogens is 338 g/mol. The zero-order chi connectivity index (χ0) is 20.3. The van der Waals surface area contributed by atoms with Crippen molar-refractivity contribution in [3.05, 3.63) is 35.9 Å². The van der Waals surface area contributed by atoms with Crippen molar-refractivity contribution in [1.29, 1.82) is 0 Å². The second kappa shape index (κ2) is 17.1. The lowest BCUT2D eigenvalue weighted by molar-refractivity contribution is 0.343. The number of rotatable bonds is 19. The Morgan fingerprint density at radius 2 is 0.893 bits per heavy atom. The van der Waals surface area contributed by atoms with Gasteiger partial charge < -0.3 is 5.73 Å². The van der Waals surface area contributed by atoms with Crippen LogP contribution in [0.1, 0.15) is 135 Å². The van der Waals surface area contributed by atoms with Gasteiger partial charge in [0.05, 0.1) is 0 Å². The van der Waals surface area contributed by atoms with Gasteiger partial charge in [0.1, 0.15) is 0 Å². The van der Waals surface area contributed by atoms with Crippen LogP contribution < -0.4 is 5.73 Å². The number of hydrogen-bond acceptors (Lipinski definition) is 1. The maximum atomic E-state index is 6.98. The van der Waals surface area contributed by atoms with Gasteiger partial charge in [-0.2, -0.15) is 0 Å². The van der Waals surface area contributed by atoms with Crippen molar-refractivity contribution in [2.24, 2.45) is 5.73 Å². The van der Waals surface area contributed by atoms with Crippen LogP contribution in [0.25, 0.3) is 0 Å². The van der Waals surface area contributed by atoms with E-state index in [9.17, 15) is 0 Å². The molecular formula is C27H49N. The molecule has 0 heterocycles. The molecule has 0 aliphatic carbocycles. The van der Waals surface area contributed by atoms with Crippen molar-refractivity contribution in [3.8, 4) is 0 Å². The van der Waals surface area contributed by atoms with Gasteiger partial charge in [-0.1, -0.05) is 147 Å². The third kappa shape index (κ3) is 11.9. The lowest BCUT2D eigenvalue weighted by atomic mass is 9.81. The normalized spacial score (nSPS) is 11.8. The Bertz CT molecular complexity index is 419. The highest BCUT2D eigenvalue weighted by Crippen LogP contribution is 2.31. The quantitative estimate of drug-likeness (QED) is 0.236. The first-order valence-electron chi connectivity index (χ1n) is 12.6. The van der Waals surface area contributed by atoms with Crippen molar-refractivity contribution in [2.75, 3.05) is 0 Å². The molecule has 0 fully saturated rings. The summed E-state index contributed by atoms with van der Waals surface area (Å²) >= 11 is 0. The number of nitrogens with two attached hydrogens (primary N) is 1. The second-order valence-corrected chi connectivity index (χ2v) is 8.97. The first-order chi connectivity index (χ1) is 13.7. The molecule has 1 nitrogen and oxygen atoms in total. The van der Waals surface area contributed by atoms with Gasteiger partial charge >= 0.3 is 0 Å². The molecule has 0 aliphatic rings. The van der Waals surface area contributed by atoms with E-state index in [1.165, 1.54) is 108 Å². The zero-order valence-corrected chi connectivity index (χ0v) is 19.2. The molecule has 0 atom stereocenters. The van der Waals surface area contributed by atoms with Crippen LogP contribution in [0.15, 0.2) is 30.3 Å². The van der Waals surface area contributed by atoms with Crippen LogP contribution in [0.3, 0.4) is 0 Å². The Morgan fingerprint density at radius 1 is 0.536 bits per heavy atom. The minimum absolute atomic E-state index is 0.119. The molecule has 0 saturated carbocycles. The molecule has 28 heavy (non-hydrogen) atoms. The van der Waals surface area contributed by atoms with Crippen LogP contribution in [0.2, 0.25) is 0 Å². The molecule has 1 aromatic carbocycles. The molecule has 162 valence electrons. The summed E-state index contributed by atoms with van der Waals surface area (Å²) in [5.41, 5.74) is 8.21. The van der Waals surface area contributed by atoms with Gasteiger partial charge in [0.15, 0.2) is 0 Å². The Morgan fingerprint density at radius 3 is 1.29 bits per heavy atom. The minimum Gasteiger partial charge on any atom is -0.321 e. The summed E-state index contributed by atoms with van der Waals surface area (Å²) in [6.45, 7) is 4.58. The summed E-state index contributed by atoms with van der Waals surface area (Å²) in [4.78, 5) is 0. The topological polar surface area (TPSA) is 26.0 Å². The van der Waals surface area contributed by atoms with Gasteiger partial charge in [0.25, 0.3) is 0 Å². The number of benzene rings is 1. The predicted octanol–water partition coefficient (Wildman–Crippen LogP) is 8.90. The van der Waals surface area contributed by atoms with Crippen molar-refractivity contribution in [2.45, 2.75) is 135 Å². The summed E-state index contributed by atoms with van der Waals surface area (Å²) in [7, 11) is 0. The molecule has 0 radical (unpaired) electrons. The number of hydrogen-bond donors (Lipinski definition) is 1. The highest BCUT2D eigenvalue weighted by Gasteiger charge is 2.25. The summed E-state index contributed by atoms with van der Waals surface area (Å²) in [6, 6.07) is 10.9. The van der Waals surface area contributed by atoms with Gasteiger partial charge in [-0.05, 0) is 18.4 Å². The fraction of sp³-hybridized carbons (Fsp3) is 0.778. The number of unbranched alkanes of at least 4 members (excludes halogenated alkanes) is 14. The highest BCUT2D eigenvalue weighted by atomic mass is 14.7. The van der Waals surface area contributed by atoms with Crippen LogP contribution >= 0.6 is 0 Å². The molecule has 0 amide bonds. The molecule has 1 aromatic rings. The maximum absolute atomic E-state index is 6.98. The molecule has 2 N–H and O–H groups in total. The van der Waals surface area contributed by atoms with Crippen LogP contribution in [-0.4, -0.2) is 0 Å². The predicted molar refractivity (Wildman–Crippen MR) is 127 cm³/mol. The van der Waals surface area contributed by atoms with Crippen LogP contribution in [-0.2, 0) is 5.54 Å². The summed E-state index contributed by atoms with van der Waals surface area (Å²) in [5.74, 6) is 0. The lowest BCUT2D eigenvalue weighted by Gasteiger charge is -2.30.